The fourth-order valence-corrected chi connectivity index (χ4v) is 3.34. The number of hydrogen-bond acceptors (Lipinski definition) is 2. The lowest BCUT2D eigenvalue weighted by Crippen LogP contribution is -2.41. The van der Waals surface area contributed by atoms with E-state index in [4.69, 9.17) is 23.2 Å². The number of nitrogens with zero attached hydrogens (tertiary/aromatic N) is 1. The van der Waals surface area contributed by atoms with Crippen molar-refractivity contribution in [1.82, 2.24) is 5.32 Å². The van der Waals surface area contributed by atoms with E-state index in [1.165, 1.54) is 11.8 Å². The van der Waals surface area contributed by atoms with Crippen molar-refractivity contribution in [3.8, 4) is 0 Å². The third kappa shape index (κ3) is 5.23. The van der Waals surface area contributed by atoms with E-state index in [9.17, 15) is 9.59 Å². The molecule has 0 bridgehead atoms. The van der Waals surface area contributed by atoms with Gasteiger partial charge >= 0.3 is 0 Å². The van der Waals surface area contributed by atoms with Crippen LogP contribution < -0.4 is 10.2 Å². The van der Waals surface area contributed by atoms with Gasteiger partial charge in [-0.3, -0.25) is 9.59 Å². The fraction of sp³-hybridized carbons (Fsp3) is 0.300. The Balaban J connectivity index is 1.99. The molecule has 0 unspecified atom stereocenters. The molecule has 0 saturated heterocycles. The van der Waals surface area contributed by atoms with Crippen molar-refractivity contribution in [2.45, 2.75) is 27.2 Å². The summed E-state index contributed by atoms with van der Waals surface area (Å²) in [6, 6.07) is 11.1. The number of carbonyl (C=O) groups is 2. The molecule has 2 aromatic rings. The summed E-state index contributed by atoms with van der Waals surface area (Å²) >= 11 is 12.0. The number of halogens is 2. The predicted molar refractivity (Wildman–Crippen MR) is 107 cm³/mol. The Kier molecular flexibility index (Phi) is 7.06. The van der Waals surface area contributed by atoms with E-state index in [0.29, 0.717) is 23.0 Å². The molecule has 0 heterocycles. The summed E-state index contributed by atoms with van der Waals surface area (Å²) < 4.78 is 0. The Bertz CT molecular complexity index is 801. The van der Waals surface area contributed by atoms with E-state index in [-0.39, 0.29) is 18.4 Å². The van der Waals surface area contributed by atoms with Gasteiger partial charge in [-0.1, -0.05) is 47.5 Å². The van der Waals surface area contributed by atoms with E-state index >= 15 is 0 Å². The number of nitrogens with one attached hydrogen (secondary N) is 1. The summed E-state index contributed by atoms with van der Waals surface area (Å²) in [4.78, 5) is 25.9. The Labute approximate surface area is 164 Å². The standard InChI is InChI=1S/C20H22Cl2N2O2/c1-13-5-4-6-14(2)20(13)24(15(3)25)12-19(26)23-10-9-16-7-8-17(21)11-18(16)22/h4-8,11H,9-10,12H2,1-3H3,(H,23,26). The summed E-state index contributed by atoms with van der Waals surface area (Å²) in [7, 11) is 0. The van der Waals surface area contributed by atoms with Crippen molar-refractivity contribution >= 4 is 40.7 Å². The second-order valence-electron chi connectivity index (χ2n) is 6.18. The monoisotopic (exact) mass is 392 g/mol. The molecule has 6 heteroatoms. The van der Waals surface area contributed by atoms with Crippen molar-refractivity contribution in [2.75, 3.05) is 18.0 Å². The topological polar surface area (TPSA) is 49.4 Å². The highest BCUT2D eigenvalue weighted by Crippen LogP contribution is 2.24. The zero-order valence-corrected chi connectivity index (χ0v) is 16.6. The second kappa shape index (κ2) is 9.06. The Morgan fingerprint density at radius 2 is 1.73 bits per heavy atom. The summed E-state index contributed by atoms with van der Waals surface area (Å²) in [5.41, 5.74) is 3.62. The number of amides is 2. The quantitative estimate of drug-likeness (QED) is 0.795. The maximum Gasteiger partial charge on any atom is 0.240 e. The molecule has 2 aromatic carbocycles. The van der Waals surface area contributed by atoms with Crippen LogP contribution in [0.15, 0.2) is 36.4 Å². The maximum atomic E-state index is 12.3. The van der Waals surface area contributed by atoms with Crippen molar-refractivity contribution in [2.24, 2.45) is 0 Å². The summed E-state index contributed by atoms with van der Waals surface area (Å²) in [5, 5.41) is 4.00. The highest BCUT2D eigenvalue weighted by Gasteiger charge is 2.19. The number of carbonyl (C=O) groups excluding carboxylic acids is 2. The maximum absolute atomic E-state index is 12.3. The third-order valence-corrected chi connectivity index (χ3v) is 4.71. The summed E-state index contributed by atoms with van der Waals surface area (Å²) in [5.74, 6) is -0.383. The molecular weight excluding hydrogens is 371 g/mol. The zero-order chi connectivity index (χ0) is 19.3. The van der Waals surface area contributed by atoms with Crippen LogP contribution in [0.25, 0.3) is 0 Å². The van der Waals surface area contributed by atoms with Gasteiger partial charge in [0.25, 0.3) is 0 Å². The van der Waals surface area contributed by atoms with Gasteiger partial charge in [0.15, 0.2) is 0 Å². The molecule has 0 fully saturated rings. The molecule has 0 aliphatic heterocycles. The average Bonchev–Trinajstić information content (AvgIpc) is 2.55. The summed E-state index contributed by atoms with van der Waals surface area (Å²) in [6.45, 7) is 5.73. The van der Waals surface area contributed by atoms with E-state index in [2.05, 4.69) is 5.32 Å². The van der Waals surface area contributed by atoms with Crippen LogP contribution in [0, 0.1) is 13.8 Å². The molecule has 0 atom stereocenters. The lowest BCUT2D eigenvalue weighted by atomic mass is 10.1. The Hall–Kier alpha value is -2.04. The number of benzene rings is 2. The molecule has 138 valence electrons. The predicted octanol–water partition coefficient (Wildman–Crippen LogP) is 4.32. The largest absolute Gasteiger partial charge is 0.354 e. The number of para-hydroxylation sites is 1. The molecule has 0 aliphatic carbocycles. The molecule has 0 saturated carbocycles. The van der Waals surface area contributed by atoms with Crippen molar-refractivity contribution in [3.63, 3.8) is 0 Å². The molecular formula is C20H22Cl2N2O2. The highest BCUT2D eigenvalue weighted by atomic mass is 35.5. The Morgan fingerprint density at radius 1 is 1.08 bits per heavy atom. The highest BCUT2D eigenvalue weighted by molar-refractivity contribution is 6.35. The third-order valence-electron chi connectivity index (χ3n) is 4.12. The molecule has 26 heavy (non-hydrogen) atoms. The van der Waals surface area contributed by atoms with Crippen LogP contribution in [-0.4, -0.2) is 24.9 Å². The van der Waals surface area contributed by atoms with Crippen LogP contribution in [0.1, 0.15) is 23.6 Å². The number of aryl methyl sites for hydroxylation is 2. The fourth-order valence-electron chi connectivity index (χ4n) is 2.84. The van der Waals surface area contributed by atoms with E-state index in [1.807, 2.05) is 38.1 Å². The normalized spacial score (nSPS) is 10.5. The molecule has 0 aromatic heterocycles. The van der Waals surface area contributed by atoms with Gasteiger partial charge < -0.3 is 10.2 Å². The van der Waals surface area contributed by atoms with E-state index < -0.39 is 0 Å². The summed E-state index contributed by atoms with van der Waals surface area (Å²) in [6.07, 6.45) is 0.588. The molecule has 1 N–H and O–H groups in total. The lowest BCUT2D eigenvalue weighted by Gasteiger charge is -2.24. The molecule has 2 amide bonds. The van der Waals surface area contributed by atoms with E-state index in [0.717, 1.165) is 22.4 Å². The van der Waals surface area contributed by atoms with Gasteiger partial charge in [-0.25, -0.2) is 0 Å². The second-order valence-corrected chi connectivity index (χ2v) is 7.02. The van der Waals surface area contributed by atoms with Crippen molar-refractivity contribution < 1.29 is 9.59 Å². The minimum absolute atomic E-state index is 0.0185. The first-order chi connectivity index (χ1) is 12.3. The van der Waals surface area contributed by atoms with Crippen LogP contribution >= 0.6 is 23.2 Å². The molecule has 2 rings (SSSR count). The lowest BCUT2D eigenvalue weighted by molar-refractivity contribution is -0.123. The van der Waals surface area contributed by atoms with Crippen LogP contribution in [-0.2, 0) is 16.0 Å². The first kappa shape index (κ1) is 20.3. The first-order valence-corrected chi connectivity index (χ1v) is 9.10. The van der Waals surface area contributed by atoms with Crippen LogP contribution in [0.3, 0.4) is 0 Å². The van der Waals surface area contributed by atoms with Gasteiger partial charge in [-0.05, 0) is 49.1 Å². The average molecular weight is 393 g/mol. The van der Waals surface area contributed by atoms with Gasteiger partial charge in [0.2, 0.25) is 11.8 Å². The molecule has 4 nitrogen and oxygen atoms in total. The van der Waals surface area contributed by atoms with Gasteiger partial charge in [0, 0.05) is 23.5 Å². The van der Waals surface area contributed by atoms with Crippen molar-refractivity contribution in [1.29, 1.82) is 0 Å². The minimum Gasteiger partial charge on any atom is -0.354 e. The molecule has 0 radical (unpaired) electrons. The number of hydrogen-bond donors (Lipinski definition) is 1. The van der Waals surface area contributed by atoms with Crippen molar-refractivity contribution in [3.05, 3.63) is 63.1 Å². The van der Waals surface area contributed by atoms with Gasteiger partial charge in [0.05, 0.1) is 5.69 Å². The van der Waals surface area contributed by atoms with Gasteiger partial charge in [-0.2, -0.15) is 0 Å². The SMILES string of the molecule is CC(=O)N(CC(=O)NCCc1ccc(Cl)cc1Cl)c1c(C)cccc1C. The van der Waals surface area contributed by atoms with Crippen LogP contribution in [0.5, 0.6) is 0 Å². The van der Waals surface area contributed by atoms with Gasteiger partial charge in [-0.15, -0.1) is 0 Å². The van der Waals surface area contributed by atoms with E-state index in [1.54, 1.807) is 12.1 Å². The molecule has 0 aliphatic rings. The minimum atomic E-state index is -0.215. The first-order valence-electron chi connectivity index (χ1n) is 8.34. The van der Waals surface area contributed by atoms with Crippen LogP contribution in [0.4, 0.5) is 5.69 Å². The number of anilines is 1. The smallest absolute Gasteiger partial charge is 0.240 e. The molecule has 0 spiro atoms. The Morgan fingerprint density at radius 3 is 2.31 bits per heavy atom. The van der Waals surface area contributed by atoms with Crippen LogP contribution in [0.2, 0.25) is 10.0 Å². The number of rotatable bonds is 6. The van der Waals surface area contributed by atoms with Gasteiger partial charge in [0.1, 0.15) is 6.54 Å². The zero-order valence-electron chi connectivity index (χ0n) is 15.1.